The zero-order valence-corrected chi connectivity index (χ0v) is 55.3. The first-order valence-corrected chi connectivity index (χ1v) is 30.3. The van der Waals surface area contributed by atoms with Crippen molar-refractivity contribution in [1.29, 1.82) is 0 Å². The van der Waals surface area contributed by atoms with Crippen LogP contribution >= 0.6 is 0 Å². The van der Waals surface area contributed by atoms with E-state index < -0.39 is 150 Å². The summed E-state index contributed by atoms with van der Waals surface area (Å²) in [5, 5.41) is 11.1. The fourth-order valence-electron chi connectivity index (χ4n) is 10.5. The summed E-state index contributed by atoms with van der Waals surface area (Å²) in [5.74, 6) is -8.82. The minimum absolute atomic E-state index is 0.0103. The molecule has 0 aliphatic carbocycles. The Morgan fingerprint density at radius 1 is 0.440 bits per heavy atom. The lowest BCUT2D eigenvalue weighted by Gasteiger charge is -2.41. The van der Waals surface area contributed by atoms with E-state index in [1.54, 1.807) is 41.5 Å². The Kier molecular flexibility index (Phi) is 31.3. The summed E-state index contributed by atoms with van der Waals surface area (Å²) < 4.78 is 0. The largest absolute Gasteiger partial charge is 0.343 e. The van der Waals surface area contributed by atoms with Gasteiger partial charge < -0.3 is 60.4 Å². The van der Waals surface area contributed by atoms with Gasteiger partial charge in [-0.3, -0.25) is 52.7 Å². The number of hydrogen-bond acceptors (Lipinski definition) is 12. The minimum atomic E-state index is -1.26. The summed E-state index contributed by atoms with van der Waals surface area (Å²) in [4.78, 5) is 180. The van der Waals surface area contributed by atoms with Gasteiger partial charge in [0.15, 0.2) is 0 Å². The predicted octanol–water partition coefficient (Wildman–Crippen LogP) is 3.31. The predicted molar refractivity (Wildman–Crippen MR) is 323 cm³/mol. The average Bonchev–Trinajstić information content (AvgIpc) is 3.44. The Balaban J connectivity index is 4.26. The number of carbonyl (C=O) groups is 12. The Labute approximate surface area is 502 Å². The van der Waals surface area contributed by atoms with Crippen LogP contribution in [0.5, 0.6) is 0 Å². The summed E-state index contributed by atoms with van der Waals surface area (Å²) in [6, 6.07) is -11.8. The lowest BCUT2D eigenvalue weighted by molar-refractivity contribution is -0.156. The Hall–Kier alpha value is -6.16. The van der Waals surface area contributed by atoms with Gasteiger partial charge in [-0.15, -0.1) is 0 Å². The van der Waals surface area contributed by atoms with E-state index in [4.69, 9.17) is 0 Å². The molecule has 4 N–H and O–H groups in total. The van der Waals surface area contributed by atoms with Crippen LogP contribution in [-0.2, 0) is 57.5 Å². The van der Waals surface area contributed by atoms with Crippen LogP contribution in [-0.4, -0.2) is 222 Å². The third-order valence-corrected chi connectivity index (χ3v) is 16.0. The normalized spacial score (nSPS) is 26.5. The zero-order valence-electron chi connectivity index (χ0n) is 55.3. The molecule has 0 unspecified atom stereocenters. The number of nitrogens with one attached hydrogen (secondary N) is 4. The van der Waals surface area contributed by atoms with Gasteiger partial charge in [-0.1, -0.05) is 96.9 Å². The van der Waals surface area contributed by atoms with E-state index >= 15 is 4.79 Å². The van der Waals surface area contributed by atoms with E-state index in [-0.39, 0.29) is 68.6 Å². The van der Waals surface area contributed by atoms with Crippen molar-refractivity contribution in [3.63, 3.8) is 0 Å². The molecule has 1 rings (SSSR count). The van der Waals surface area contributed by atoms with E-state index in [1.165, 1.54) is 92.6 Å². The van der Waals surface area contributed by atoms with Crippen molar-refractivity contribution in [3.8, 4) is 0 Å². The second kappa shape index (κ2) is 34.7. The van der Waals surface area contributed by atoms with Crippen LogP contribution < -0.4 is 21.3 Å². The molecule has 11 atom stereocenters. The highest BCUT2D eigenvalue weighted by Gasteiger charge is 2.44. The van der Waals surface area contributed by atoms with Crippen LogP contribution in [0, 0.1) is 41.4 Å². The van der Waals surface area contributed by atoms with Crippen molar-refractivity contribution in [2.24, 2.45) is 41.4 Å². The van der Waals surface area contributed by atoms with Gasteiger partial charge in [-0.2, -0.15) is 0 Å². The highest BCUT2D eigenvalue weighted by Crippen LogP contribution is 2.25. The van der Waals surface area contributed by atoms with Crippen molar-refractivity contribution in [2.45, 2.75) is 223 Å². The minimum Gasteiger partial charge on any atom is -0.343 e. The van der Waals surface area contributed by atoms with E-state index in [9.17, 15) is 52.7 Å². The van der Waals surface area contributed by atoms with Gasteiger partial charge in [0.05, 0.1) is 6.54 Å². The molecule has 1 aliphatic rings. The van der Waals surface area contributed by atoms with Crippen LogP contribution in [0.25, 0.3) is 0 Å². The molecule has 0 aromatic rings. The molecule has 0 saturated carbocycles. The SMILES string of the molecule is CC[C@@H]1NC(=O)[C@H](C[C@H](C)CC=O)N(C)C(=O)[C@H](C(C)C)N(C)C(=O)[C@H](CC(C)C)N(C)C(=O)[C@@H](CC(C)C)N(C)C(=O)[C@H](C)NC(=O)[C@@H](C)NC(=O)[C@@H](CCC(C)C)N(C)C(=O)[C@@H](C(C)C)NC(=O)[C@H](CC(C)C)N(C)C(=O)CN(C)C1=O. The molecule has 1 heterocycles. The van der Waals surface area contributed by atoms with Gasteiger partial charge in [0.25, 0.3) is 0 Å². The van der Waals surface area contributed by atoms with Crippen molar-refractivity contribution in [2.75, 3.05) is 55.9 Å². The van der Waals surface area contributed by atoms with Crippen molar-refractivity contribution in [3.05, 3.63) is 0 Å². The van der Waals surface area contributed by atoms with Crippen LogP contribution in [0.1, 0.15) is 162 Å². The van der Waals surface area contributed by atoms with Crippen molar-refractivity contribution < 1.29 is 57.5 Å². The maximum absolute atomic E-state index is 15.0. The molecule has 23 nitrogen and oxygen atoms in total. The van der Waals surface area contributed by atoms with Crippen LogP contribution in [0.4, 0.5) is 0 Å². The summed E-state index contributed by atoms with van der Waals surface area (Å²) in [7, 11) is 10.1. The smallest absolute Gasteiger partial charge is 0.246 e. The monoisotopic (exact) mass is 1190 g/mol. The Morgan fingerprint density at radius 2 is 0.869 bits per heavy atom. The first kappa shape index (κ1) is 75.9. The van der Waals surface area contributed by atoms with Gasteiger partial charge in [-0.05, 0) is 100 Å². The van der Waals surface area contributed by atoms with Crippen LogP contribution in [0.3, 0.4) is 0 Å². The maximum atomic E-state index is 15.0. The zero-order chi connectivity index (χ0) is 65.1. The Morgan fingerprint density at radius 3 is 1.33 bits per heavy atom. The summed E-state index contributed by atoms with van der Waals surface area (Å²) in [6.07, 6.45) is 2.00. The number of nitrogens with zero attached hydrogens (tertiary/aromatic N) is 7. The first-order chi connectivity index (χ1) is 38.8. The molecule has 0 spiro atoms. The maximum Gasteiger partial charge on any atom is 0.246 e. The molecule has 23 heteroatoms. The number of amides is 11. The summed E-state index contributed by atoms with van der Waals surface area (Å²) in [6.45, 7) is 27.9. The standard InChI is InChI=1S/C61H109N11O12/c1-24-43-57(80)66(17)33-49(74)67(18)45(29-35(4)5)55(78)65-50(38(10)11)60(83)68(19)44(26-25-34(2)3)53(76)62-41(15)52(75)63-42(16)56(79)70(21)47(30-36(6)7)58(81)71(22)48(31-37(8)9)59(82)72(23)51(39(12)13)61(84)69(20)46(54(77)64-43)32-40(14)27-28-73/h28,34-48,50-51H,24-27,29-33H2,1-23H3,(H,62,76)(H,63,75)(H,64,77)(H,65,78)/t40-,41-,42+,43+,44-,45+,46+,47-,48+,50-,51+/m1/s1. The molecule has 0 bridgehead atoms. The molecule has 0 radical (unpaired) electrons. The van der Waals surface area contributed by atoms with Crippen molar-refractivity contribution in [1.82, 2.24) is 55.6 Å². The number of likely N-dealkylation sites (N-methyl/N-ethyl adjacent to an activating group) is 7. The first-order valence-electron chi connectivity index (χ1n) is 30.3. The molecular weight excluding hydrogens is 1080 g/mol. The van der Waals surface area contributed by atoms with Crippen LogP contribution in [0.15, 0.2) is 0 Å². The molecule has 0 aromatic carbocycles. The highest BCUT2D eigenvalue weighted by molar-refractivity contribution is 5.99. The van der Waals surface area contributed by atoms with E-state index in [2.05, 4.69) is 21.3 Å². The second-order valence-corrected chi connectivity index (χ2v) is 26.0. The quantitative estimate of drug-likeness (QED) is 0.162. The molecule has 84 heavy (non-hydrogen) atoms. The van der Waals surface area contributed by atoms with Gasteiger partial charge in [0.1, 0.15) is 66.7 Å². The molecule has 11 amide bonds. The van der Waals surface area contributed by atoms with Gasteiger partial charge in [0, 0.05) is 55.8 Å². The molecular formula is C61H109N11O12. The van der Waals surface area contributed by atoms with E-state index in [1.807, 2.05) is 55.4 Å². The Bertz CT molecular complexity index is 2270. The average molecular weight is 1190 g/mol. The lowest BCUT2D eigenvalue weighted by atomic mass is 9.94. The van der Waals surface area contributed by atoms with E-state index in [0.717, 1.165) is 4.90 Å². The molecule has 1 fully saturated rings. The number of hydrogen-bond donors (Lipinski definition) is 4. The fourth-order valence-corrected chi connectivity index (χ4v) is 10.5. The molecule has 0 aromatic heterocycles. The van der Waals surface area contributed by atoms with Crippen LogP contribution in [0.2, 0.25) is 0 Å². The van der Waals surface area contributed by atoms with Gasteiger partial charge >= 0.3 is 0 Å². The number of aldehydes is 1. The summed E-state index contributed by atoms with van der Waals surface area (Å²) in [5.41, 5.74) is 0. The third kappa shape index (κ3) is 21.7. The highest BCUT2D eigenvalue weighted by atomic mass is 16.2. The number of carbonyl (C=O) groups excluding carboxylic acids is 12. The second-order valence-electron chi connectivity index (χ2n) is 26.0. The van der Waals surface area contributed by atoms with Gasteiger partial charge in [0.2, 0.25) is 65.0 Å². The van der Waals surface area contributed by atoms with Crippen molar-refractivity contribution >= 4 is 71.3 Å². The fraction of sp³-hybridized carbons (Fsp3) is 0.803. The third-order valence-electron chi connectivity index (χ3n) is 16.0. The van der Waals surface area contributed by atoms with E-state index in [0.29, 0.717) is 12.7 Å². The molecule has 1 saturated heterocycles. The number of rotatable bonds is 16. The molecule has 480 valence electrons. The van der Waals surface area contributed by atoms with Gasteiger partial charge in [-0.25, -0.2) is 0 Å². The topological polar surface area (TPSA) is 276 Å². The lowest BCUT2D eigenvalue weighted by Crippen LogP contribution is -2.61. The molecule has 1 aliphatic heterocycles. The summed E-state index contributed by atoms with van der Waals surface area (Å²) >= 11 is 0.